The number of nitrogens with zero attached hydrogens (tertiary/aromatic N) is 1. The Kier molecular flexibility index (Phi) is 4.41. The van der Waals surface area contributed by atoms with Gasteiger partial charge in [0.05, 0.1) is 12.1 Å². The van der Waals surface area contributed by atoms with E-state index in [9.17, 15) is 9.59 Å². The Morgan fingerprint density at radius 1 is 1.36 bits per heavy atom. The fraction of sp³-hybridized carbons (Fsp3) is 0.684. The number of rotatable bonds is 4. The largest absolute Gasteiger partial charge is 0.382 e. The van der Waals surface area contributed by atoms with Crippen LogP contribution < -0.4 is 16.2 Å². The number of hydrogen-bond donors (Lipinski definition) is 2. The fourth-order valence-electron chi connectivity index (χ4n) is 4.91. The van der Waals surface area contributed by atoms with E-state index < -0.39 is 0 Å². The predicted molar refractivity (Wildman–Crippen MR) is 95.0 cm³/mol. The number of aromatic nitrogens is 1. The molecule has 3 aliphatic rings. The number of hydrogen-bond acceptors (Lipinski definition) is 4. The Labute approximate surface area is 147 Å². The van der Waals surface area contributed by atoms with Crippen molar-refractivity contribution >= 4 is 5.91 Å². The van der Waals surface area contributed by atoms with Gasteiger partial charge in [-0.25, -0.2) is 0 Å². The quantitative estimate of drug-likeness (QED) is 0.861. The third-order valence-corrected chi connectivity index (χ3v) is 6.11. The van der Waals surface area contributed by atoms with Crippen LogP contribution in [0.3, 0.4) is 0 Å². The molecule has 1 aliphatic carbocycles. The van der Waals surface area contributed by atoms with Gasteiger partial charge in [0.2, 0.25) is 0 Å². The van der Waals surface area contributed by atoms with Crippen molar-refractivity contribution in [3.05, 3.63) is 33.7 Å². The van der Waals surface area contributed by atoms with Gasteiger partial charge in [0.25, 0.3) is 11.5 Å². The highest BCUT2D eigenvalue weighted by molar-refractivity contribution is 5.94. The van der Waals surface area contributed by atoms with Gasteiger partial charge in [0.1, 0.15) is 5.56 Å². The standard InChI is InChI=1S/C19H27N3O3/c1-25-12-19(6-2-3-7-19)21-17(23)15-4-5-16-14-8-13(9-20-10-14)11-22(16)18(15)24/h4-5,13-14,20H,2-3,6-12H2,1H3,(H,21,23)/t13-,14+/m0/s1. The van der Waals surface area contributed by atoms with Gasteiger partial charge in [-0.2, -0.15) is 0 Å². The van der Waals surface area contributed by atoms with Crippen molar-refractivity contribution in [2.75, 3.05) is 26.8 Å². The number of carbonyl (C=O) groups excluding carboxylic acids is 1. The van der Waals surface area contributed by atoms with Crippen molar-refractivity contribution in [2.24, 2.45) is 5.92 Å². The van der Waals surface area contributed by atoms with Crippen LogP contribution in [-0.4, -0.2) is 42.8 Å². The highest BCUT2D eigenvalue weighted by Gasteiger charge is 2.37. The van der Waals surface area contributed by atoms with Crippen molar-refractivity contribution < 1.29 is 9.53 Å². The van der Waals surface area contributed by atoms with Gasteiger partial charge >= 0.3 is 0 Å². The van der Waals surface area contributed by atoms with Crippen LogP contribution in [0.1, 0.15) is 54.1 Å². The second kappa shape index (κ2) is 6.57. The van der Waals surface area contributed by atoms with Crippen molar-refractivity contribution in [1.82, 2.24) is 15.2 Å². The number of pyridine rings is 1. The molecule has 2 atom stereocenters. The maximum absolute atomic E-state index is 13.0. The number of amides is 1. The van der Waals surface area contributed by atoms with Gasteiger partial charge in [0.15, 0.2) is 0 Å². The fourth-order valence-corrected chi connectivity index (χ4v) is 4.91. The molecule has 1 amide bonds. The minimum atomic E-state index is -0.320. The van der Waals surface area contributed by atoms with E-state index in [2.05, 4.69) is 10.6 Å². The molecule has 0 spiro atoms. The molecule has 1 saturated carbocycles. The lowest BCUT2D eigenvalue weighted by Gasteiger charge is -2.37. The Balaban J connectivity index is 1.62. The van der Waals surface area contributed by atoms with E-state index in [1.165, 1.54) is 0 Å². The van der Waals surface area contributed by atoms with E-state index in [1.807, 2.05) is 10.6 Å². The van der Waals surface area contributed by atoms with Crippen LogP contribution in [0.2, 0.25) is 0 Å². The van der Waals surface area contributed by atoms with E-state index in [1.54, 1.807) is 13.2 Å². The van der Waals surface area contributed by atoms with Crippen LogP contribution >= 0.6 is 0 Å². The molecule has 3 heterocycles. The molecular weight excluding hydrogens is 318 g/mol. The lowest BCUT2D eigenvalue weighted by molar-refractivity contribution is 0.0764. The lowest BCUT2D eigenvalue weighted by Crippen LogP contribution is -2.51. The smallest absolute Gasteiger partial charge is 0.263 e. The maximum Gasteiger partial charge on any atom is 0.263 e. The molecule has 1 aromatic rings. The summed E-state index contributed by atoms with van der Waals surface area (Å²) < 4.78 is 7.17. The molecule has 2 bridgehead atoms. The third-order valence-electron chi connectivity index (χ3n) is 6.11. The summed E-state index contributed by atoms with van der Waals surface area (Å²) in [4.78, 5) is 25.8. The van der Waals surface area contributed by atoms with Crippen LogP contribution in [0.15, 0.2) is 16.9 Å². The van der Waals surface area contributed by atoms with E-state index in [-0.39, 0.29) is 22.6 Å². The van der Waals surface area contributed by atoms with Crippen molar-refractivity contribution in [2.45, 2.75) is 50.1 Å². The summed E-state index contributed by atoms with van der Waals surface area (Å²) in [6, 6.07) is 3.69. The lowest BCUT2D eigenvalue weighted by atomic mass is 9.84. The highest BCUT2D eigenvalue weighted by Crippen LogP contribution is 2.32. The van der Waals surface area contributed by atoms with Crippen molar-refractivity contribution in [3.8, 4) is 0 Å². The molecular formula is C19H27N3O3. The Morgan fingerprint density at radius 2 is 2.16 bits per heavy atom. The molecule has 4 rings (SSSR count). The maximum atomic E-state index is 13.0. The number of ether oxygens (including phenoxy) is 1. The minimum Gasteiger partial charge on any atom is -0.382 e. The summed E-state index contributed by atoms with van der Waals surface area (Å²) in [7, 11) is 1.66. The Hall–Kier alpha value is -1.66. The first-order valence-electron chi connectivity index (χ1n) is 9.38. The average molecular weight is 345 g/mol. The molecule has 6 heteroatoms. The van der Waals surface area contributed by atoms with Crippen molar-refractivity contribution in [3.63, 3.8) is 0 Å². The van der Waals surface area contributed by atoms with E-state index >= 15 is 0 Å². The monoisotopic (exact) mass is 345 g/mol. The highest BCUT2D eigenvalue weighted by atomic mass is 16.5. The number of methoxy groups -OCH3 is 1. The Bertz CT molecular complexity index is 721. The van der Waals surface area contributed by atoms with Crippen LogP contribution in [0, 0.1) is 5.92 Å². The molecule has 2 fully saturated rings. The number of carbonyl (C=O) groups is 1. The van der Waals surface area contributed by atoms with Crippen LogP contribution in [-0.2, 0) is 11.3 Å². The molecule has 2 aliphatic heterocycles. The van der Waals surface area contributed by atoms with Gasteiger partial charge in [-0.05, 0) is 43.9 Å². The minimum absolute atomic E-state index is 0.142. The number of piperidine rings is 1. The first-order valence-corrected chi connectivity index (χ1v) is 9.38. The second-order valence-corrected chi connectivity index (χ2v) is 7.92. The van der Waals surface area contributed by atoms with Gasteiger partial charge in [-0.3, -0.25) is 9.59 Å². The summed E-state index contributed by atoms with van der Waals surface area (Å²) in [5.41, 5.74) is 0.868. The van der Waals surface area contributed by atoms with Gasteiger partial charge in [0, 0.05) is 31.8 Å². The summed E-state index contributed by atoms with van der Waals surface area (Å²) in [6.07, 6.45) is 5.13. The zero-order valence-electron chi connectivity index (χ0n) is 14.8. The van der Waals surface area contributed by atoms with E-state index in [0.29, 0.717) is 25.0 Å². The second-order valence-electron chi connectivity index (χ2n) is 7.92. The molecule has 0 radical (unpaired) electrons. The normalized spacial score (nSPS) is 26.9. The Morgan fingerprint density at radius 3 is 2.92 bits per heavy atom. The van der Waals surface area contributed by atoms with Crippen molar-refractivity contribution in [1.29, 1.82) is 0 Å². The summed E-state index contributed by atoms with van der Waals surface area (Å²) >= 11 is 0. The zero-order valence-corrected chi connectivity index (χ0v) is 14.8. The summed E-state index contributed by atoms with van der Waals surface area (Å²) in [6.45, 7) is 3.08. The van der Waals surface area contributed by atoms with Crippen LogP contribution in [0.5, 0.6) is 0 Å². The SMILES string of the molecule is COCC1(NC(=O)c2ccc3n(c2=O)C[C@@H]2CNC[C@H]3C2)CCCC1. The van der Waals surface area contributed by atoms with Crippen LogP contribution in [0.25, 0.3) is 0 Å². The molecule has 1 aromatic heterocycles. The molecule has 0 unspecified atom stereocenters. The molecule has 1 saturated heterocycles. The summed E-state index contributed by atoms with van der Waals surface area (Å²) in [5.74, 6) is 0.608. The predicted octanol–water partition coefficient (Wildman–Crippen LogP) is 1.24. The summed E-state index contributed by atoms with van der Waals surface area (Å²) in [5, 5.41) is 6.56. The molecule has 6 nitrogen and oxygen atoms in total. The first-order chi connectivity index (χ1) is 12.1. The third kappa shape index (κ3) is 3.02. The topological polar surface area (TPSA) is 72.4 Å². The zero-order chi connectivity index (χ0) is 17.4. The van der Waals surface area contributed by atoms with Crippen LogP contribution in [0.4, 0.5) is 0 Å². The number of fused-ring (bicyclic) bond motifs is 4. The molecule has 136 valence electrons. The first kappa shape index (κ1) is 16.8. The van der Waals surface area contributed by atoms with E-state index in [4.69, 9.17) is 4.74 Å². The average Bonchev–Trinajstić information content (AvgIpc) is 3.04. The molecule has 0 aromatic carbocycles. The van der Waals surface area contributed by atoms with Gasteiger partial charge in [-0.15, -0.1) is 0 Å². The van der Waals surface area contributed by atoms with Gasteiger partial charge in [-0.1, -0.05) is 12.8 Å². The molecule has 2 N–H and O–H groups in total. The van der Waals surface area contributed by atoms with Gasteiger partial charge < -0.3 is 19.9 Å². The van der Waals surface area contributed by atoms with E-state index in [0.717, 1.165) is 50.9 Å². The molecule has 25 heavy (non-hydrogen) atoms. The number of nitrogens with one attached hydrogen (secondary N) is 2.